The first kappa shape index (κ1) is 21.7. The molecule has 0 bridgehead atoms. The molecular formula is C24H21FN4O2S. The SMILES string of the molecule is C=CCn1c(COc2cccc3ccc(C)nc23)nnc1SCC(=O)c1ccc(F)cc1. The number of aromatic nitrogens is 4. The molecule has 0 spiro atoms. The van der Waals surface area contributed by atoms with Gasteiger partial charge in [0.1, 0.15) is 23.7 Å². The van der Waals surface area contributed by atoms with Crippen molar-refractivity contribution in [1.29, 1.82) is 0 Å². The predicted octanol–water partition coefficient (Wildman–Crippen LogP) is 5.01. The Bertz CT molecular complexity index is 1270. The molecule has 6 nitrogen and oxygen atoms in total. The largest absolute Gasteiger partial charge is 0.483 e. The van der Waals surface area contributed by atoms with Gasteiger partial charge in [0.15, 0.2) is 16.8 Å². The fourth-order valence-corrected chi connectivity index (χ4v) is 4.03. The minimum Gasteiger partial charge on any atom is -0.483 e. The minimum absolute atomic E-state index is 0.113. The van der Waals surface area contributed by atoms with Crippen molar-refractivity contribution in [3.8, 4) is 5.75 Å². The van der Waals surface area contributed by atoms with Crippen molar-refractivity contribution >= 4 is 28.4 Å². The molecule has 2 aromatic heterocycles. The number of allylic oxidation sites excluding steroid dienone is 1. The molecule has 4 rings (SSSR count). The van der Waals surface area contributed by atoms with E-state index in [0.29, 0.717) is 28.8 Å². The average molecular weight is 449 g/mol. The zero-order valence-electron chi connectivity index (χ0n) is 17.5. The number of nitrogens with zero attached hydrogens (tertiary/aromatic N) is 4. The van der Waals surface area contributed by atoms with Gasteiger partial charge < -0.3 is 4.74 Å². The van der Waals surface area contributed by atoms with Crippen LogP contribution in [0, 0.1) is 12.7 Å². The van der Waals surface area contributed by atoms with Gasteiger partial charge in [-0.3, -0.25) is 9.36 Å². The molecule has 0 aliphatic carbocycles. The monoisotopic (exact) mass is 448 g/mol. The van der Waals surface area contributed by atoms with Gasteiger partial charge in [0.25, 0.3) is 0 Å². The maximum atomic E-state index is 13.1. The number of Topliss-reactive ketones (excluding diaryl/α,β-unsaturated/α-hetero) is 1. The molecule has 0 N–H and O–H groups in total. The minimum atomic E-state index is -0.374. The van der Waals surface area contributed by atoms with Crippen LogP contribution < -0.4 is 4.74 Å². The van der Waals surface area contributed by atoms with Gasteiger partial charge in [0.2, 0.25) is 0 Å². The Kier molecular flexibility index (Phi) is 6.61. The number of benzene rings is 2. The molecular weight excluding hydrogens is 427 g/mol. The van der Waals surface area contributed by atoms with E-state index in [2.05, 4.69) is 21.8 Å². The highest BCUT2D eigenvalue weighted by Gasteiger charge is 2.15. The van der Waals surface area contributed by atoms with Gasteiger partial charge >= 0.3 is 0 Å². The molecule has 0 fully saturated rings. The maximum absolute atomic E-state index is 13.1. The predicted molar refractivity (Wildman–Crippen MR) is 122 cm³/mol. The van der Waals surface area contributed by atoms with Crippen molar-refractivity contribution in [2.75, 3.05) is 5.75 Å². The number of ketones is 1. The van der Waals surface area contributed by atoms with Gasteiger partial charge in [-0.2, -0.15) is 0 Å². The summed E-state index contributed by atoms with van der Waals surface area (Å²) in [6.45, 7) is 6.41. The molecule has 162 valence electrons. The molecule has 0 amide bonds. The number of carbonyl (C=O) groups is 1. The van der Waals surface area contributed by atoms with E-state index >= 15 is 0 Å². The molecule has 0 saturated heterocycles. The van der Waals surface area contributed by atoms with Crippen LogP contribution in [-0.4, -0.2) is 31.3 Å². The molecule has 0 radical (unpaired) electrons. The number of pyridine rings is 1. The zero-order valence-corrected chi connectivity index (χ0v) is 18.3. The number of aryl methyl sites for hydroxylation is 1. The number of para-hydroxylation sites is 1. The van der Waals surface area contributed by atoms with Crippen molar-refractivity contribution in [3.05, 3.63) is 90.2 Å². The highest BCUT2D eigenvalue weighted by molar-refractivity contribution is 7.99. The van der Waals surface area contributed by atoms with Gasteiger partial charge in [-0.15, -0.1) is 16.8 Å². The second-order valence-corrected chi connectivity index (χ2v) is 8.03. The number of ether oxygens (including phenoxy) is 1. The molecule has 0 aliphatic rings. The number of fused-ring (bicyclic) bond motifs is 1. The first-order chi connectivity index (χ1) is 15.5. The average Bonchev–Trinajstić information content (AvgIpc) is 3.18. The van der Waals surface area contributed by atoms with Gasteiger partial charge in [0.05, 0.1) is 5.75 Å². The maximum Gasteiger partial charge on any atom is 0.192 e. The number of carbonyl (C=O) groups excluding carboxylic acids is 1. The van der Waals surface area contributed by atoms with Gasteiger partial charge in [-0.25, -0.2) is 9.37 Å². The lowest BCUT2D eigenvalue weighted by Crippen LogP contribution is -2.09. The third kappa shape index (κ3) is 4.86. The summed E-state index contributed by atoms with van der Waals surface area (Å²) in [7, 11) is 0. The quantitative estimate of drug-likeness (QED) is 0.204. The molecule has 2 aromatic carbocycles. The number of halogens is 1. The summed E-state index contributed by atoms with van der Waals surface area (Å²) in [5.74, 6) is 0.958. The van der Waals surface area contributed by atoms with E-state index in [1.807, 2.05) is 41.8 Å². The van der Waals surface area contributed by atoms with Crippen molar-refractivity contribution in [3.63, 3.8) is 0 Å². The Hall–Kier alpha value is -3.52. The molecule has 32 heavy (non-hydrogen) atoms. The lowest BCUT2D eigenvalue weighted by molar-refractivity contribution is 0.102. The Balaban J connectivity index is 1.48. The van der Waals surface area contributed by atoms with Crippen molar-refractivity contribution in [2.24, 2.45) is 0 Å². The number of thioether (sulfide) groups is 1. The Morgan fingerprint density at radius 1 is 1.16 bits per heavy atom. The van der Waals surface area contributed by atoms with Crippen LogP contribution in [0.2, 0.25) is 0 Å². The summed E-state index contributed by atoms with van der Waals surface area (Å²) in [6, 6.07) is 15.3. The Morgan fingerprint density at radius 2 is 1.97 bits per heavy atom. The fraction of sp³-hybridized carbons (Fsp3) is 0.167. The van der Waals surface area contributed by atoms with Crippen molar-refractivity contribution in [1.82, 2.24) is 19.7 Å². The van der Waals surface area contributed by atoms with Crippen molar-refractivity contribution < 1.29 is 13.9 Å². The smallest absolute Gasteiger partial charge is 0.192 e. The van der Waals surface area contributed by atoms with Gasteiger partial charge in [0, 0.05) is 23.2 Å². The van der Waals surface area contributed by atoms with E-state index in [1.54, 1.807) is 6.08 Å². The van der Waals surface area contributed by atoms with Crippen LogP contribution >= 0.6 is 11.8 Å². The van der Waals surface area contributed by atoms with Crippen molar-refractivity contribution in [2.45, 2.75) is 25.2 Å². The normalized spacial score (nSPS) is 10.9. The molecule has 0 unspecified atom stereocenters. The van der Waals surface area contributed by atoms with E-state index in [0.717, 1.165) is 16.6 Å². The molecule has 8 heteroatoms. The van der Waals surface area contributed by atoms with Crippen LogP contribution in [0.15, 0.2) is 72.4 Å². The first-order valence-corrected chi connectivity index (χ1v) is 11.0. The second kappa shape index (κ2) is 9.74. The van der Waals surface area contributed by atoms with Crippen LogP contribution in [0.4, 0.5) is 4.39 Å². The number of hydrogen-bond acceptors (Lipinski definition) is 6. The molecule has 2 heterocycles. The topological polar surface area (TPSA) is 69.9 Å². The molecule has 0 atom stereocenters. The number of hydrogen-bond donors (Lipinski definition) is 0. The summed E-state index contributed by atoms with van der Waals surface area (Å²) < 4.78 is 21.0. The fourth-order valence-electron chi connectivity index (χ4n) is 3.17. The molecule has 0 saturated carbocycles. The summed E-state index contributed by atoms with van der Waals surface area (Å²) >= 11 is 1.27. The molecule has 0 aliphatic heterocycles. The third-order valence-corrected chi connectivity index (χ3v) is 5.75. The van der Waals surface area contributed by atoms with E-state index in [-0.39, 0.29) is 24.0 Å². The Morgan fingerprint density at radius 3 is 2.75 bits per heavy atom. The van der Waals surface area contributed by atoms with Crippen LogP contribution in [0.1, 0.15) is 21.9 Å². The summed E-state index contributed by atoms with van der Waals surface area (Å²) in [4.78, 5) is 17.0. The van der Waals surface area contributed by atoms with E-state index < -0.39 is 0 Å². The van der Waals surface area contributed by atoms with Crippen LogP contribution in [0.25, 0.3) is 10.9 Å². The summed E-state index contributed by atoms with van der Waals surface area (Å²) in [6.07, 6.45) is 1.74. The van der Waals surface area contributed by atoms with E-state index in [1.165, 1.54) is 36.0 Å². The highest BCUT2D eigenvalue weighted by atomic mass is 32.2. The second-order valence-electron chi connectivity index (χ2n) is 7.09. The summed E-state index contributed by atoms with van der Waals surface area (Å²) in [5.41, 5.74) is 2.16. The first-order valence-electron chi connectivity index (χ1n) is 9.99. The standard InChI is InChI=1S/C24H21FN4O2S/c1-3-13-29-22(14-31-21-6-4-5-18-8-7-16(2)26-23(18)21)27-28-24(29)32-15-20(30)17-9-11-19(25)12-10-17/h3-12H,1,13-15H2,2H3. The van der Waals surface area contributed by atoms with E-state index in [9.17, 15) is 9.18 Å². The summed E-state index contributed by atoms with van der Waals surface area (Å²) in [5, 5.41) is 10.1. The molecule has 4 aromatic rings. The van der Waals surface area contributed by atoms with Gasteiger partial charge in [-0.05, 0) is 43.3 Å². The zero-order chi connectivity index (χ0) is 22.5. The van der Waals surface area contributed by atoms with Crippen LogP contribution in [0.5, 0.6) is 5.75 Å². The van der Waals surface area contributed by atoms with Gasteiger partial charge in [-0.1, -0.05) is 36.0 Å². The Labute approximate surface area is 189 Å². The van der Waals surface area contributed by atoms with Crippen LogP contribution in [-0.2, 0) is 13.2 Å². The lowest BCUT2D eigenvalue weighted by atomic mass is 10.1. The highest BCUT2D eigenvalue weighted by Crippen LogP contribution is 2.25. The lowest BCUT2D eigenvalue weighted by Gasteiger charge is -2.11. The van der Waals surface area contributed by atoms with E-state index in [4.69, 9.17) is 4.74 Å². The third-order valence-electron chi connectivity index (χ3n) is 4.78. The number of rotatable bonds is 9. The van der Waals surface area contributed by atoms with Crippen LogP contribution in [0.3, 0.4) is 0 Å².